The smallest absolute Gasteiger partial charge is 0.326 e. The molecule has 4 nitrogen and oxygen atoms in total. The van der Waals surface area contributed by atoms with Crippen molar-refractivity contribution in [3.63, 3.8) is 0 Å². The highest BCUT2D eigenvalue weighted by atomic mass is 32.1. The number of aliphatic carboxylic acids is 1. The fourth-order valence-corrected chi connectivity index (χ4v) is 1.44. The molecule has 0 bridgehead atoms. The molecule has 1 aromatic rings. The molecule has 0 saturated carbocycles. The van der Waals surface area contributed by atoms with Gasteiger partial charge < -0.3 is 5.11 Å². The van der Waals surface area contributed by atoms with Crippen LogP contribution in [0.2, 0.25) is 0 Å². The number of nitrogens with one attached hydrogen (secondary N) is 1. The van der Waals surface area contributed by atoms with Crippen LogP contribution in [0.4, 0.5) is 0 Å². The van der Waals surface area contributed by atoms with Gasteiger partial charge in [-0.15, -0.1) is 0 Å². The average molecular weight is 172 g/mol. The SMILES string of the molecule is NNC(C(=O)O)c1ccsc1. The third-order valence-electron chi connectivity index (χ3n) is 1.29. The first-order valence-electron chi connectivity index (χ1n) is 2.96. The number of rotatable bonds is 3. The number of nitrogens with two attached hydrogens (primary N) is 1. The minimum Gasteiger partial charge on any atom is -0.480 e. The van der Waals surface area contributed by atoms with E-state index in [9.17, 15) is 4.79 Å². The number of thiophene rings is 1. The van der Waals surface area contributed by atoms with E-state index in [2.05, 4.69) is 5.43 Å². The molecule has 11 heavy (non-hydrogen) atoms. The number of hydrazine groups is 1. The number of hydrogen-bond acceptors (Lipinski definition) is 4. The van der Waals surface area contributed by atoms with Crippen LogP contribution in [0.25, 0.3) is 0 Å². The number of carboxylic acids is 1. The van der Waals surface area contributed by atoms with Crippen molar-refractivity contribution in [3.05, 3.63) is 22.4 Å². The molecular formula is C6H8N2O2S. The van der Waals surface area contributed by atoms with Crippen molar-refractivity contribution < 1.29 is 9.90 Å². The second-order valence-electron chi connectivity index (χ2n) is 1.99. The van der Waals surface area contributed by atoms with E-state index < -0.39 is 12.0 Å². The summed E-state index contributed by atoms with van der Waals surface area (Å²) in [6.45, 7) is 0. The first-order valence-corrected chi connectivity index (χ1v) is 3.91. The van der Waals surface area contributed by atoms with Crippen LogP contribution in [-0.2, 0) is 4.79 Å². The Hall–Kier alpha value is -0.910. The summed E-state index contributed by atoms with van der Waals surface area (Å²) in [6, 6.07) is 0.935. The second-order valence-corrected chi connectivity index (χ2v) is 2.77. The zero-order chi connectivity index (χ0) is 8.27. The lowest BCUT2D eigenvalue weighted by atomic mass is 10.2. The monoisotopic (exact) mass is 172 g/mol. The molecule has 1 heterocycles. The molecule has 0 amide bonds. The highest BCUT2D eigenvalue weighted by molar-refractivity contribution is 7.08. The van der Waals surface area contributed by atoms with E-state index in [0.29, 0.717) is 5.56 Å². The maximum absolute atomic E-state index is 10.5. The summed E-state index contributed by atoms with van der Waals surface area (Å²) in [5.74, 6) is 4.07. The molecule has 0 saturated heterocycles. The molecule has 1 atom stereocenters. The second kappa shape index (κ2) is 3.47. The van der Waals surface area contributed by atoms with Crippen molar-refractivity contribution in [1.29, 1.82) is 0 Å². The van der Waals surface area contributed by atoms with E-state index in [1.807, 2.05) is 5.38 Å². The van der Waals surface area contributed by atoms with Crippen molar-refractivity contribution in [3.8, 4) is 0 Å². The van der Waals surface area contributed by atoms with E-state index in [4.69, 9.17) is 10.9 Å². The van der Waals surface area contributed by atoms with Crippen LogP contribution in [0.1, 0.15) is 11.6 Å². The Kier molecular flexibility index (Phi) is 2.58. The third kappa shape index (κ3) is 1.76. The van der Waals surface area contributed by atoms with Crippen LogP contribution >= 0.6 is 11.3 Å². The van der Waals surface area contributed by atoms with Gasteiger partial charge in [0.15, 0.2) is 0 Å². The lowest BCUT2D eigenvalue weighted by molar-refractivity contribution is -0.139. The van der Waals surface area contributed by atoms with Crippen molar-refractivity contribution in [2.75, 3.05) is 0 Å². The minimum atomic E-state index is -0.967. The molecule has 0 spiro atoms. The van der Waals surface area contributed by atoms with Gasteiger partial charge in [-0.3, -0.25) is 10.6 Å². The van der Waals surface area contributed by atoms with Crippen molar-refractivity contribution in [2.24, 2.45) is 5.84 Å². The fourth-order valence-electron chi connectivity index (χ4n) is 0.749. The topological polar surface area (TPSA) is 75.3 Å². The zero-order valence-corrected chi connectivity index (χ0v) is 6.47. The minimum absolute atomic E-state index is 0.685. The van der Waals surface area contributed by atoms with E-state index in [-0.39, 0.29) is 0 Å². The zero-order valence-electron chi connectivity index (χ0n) is 5.65. The number of carbonyl (C=O) groups is 1. The maximum atomic E-state index is 10.5. The predicted octanol–water partition coefficient (Wildman–Crippen LogP) is 0.337. The van der Waals surface area contributed by atoms with Gasteiger partial charge in [0.05, 0.1) is 0 Å². The van der Waals surface area contributed by atoms with Gasteiger partial charge in [-0.1, -0.05) is 0 Å². The van der Waals surface area contributed by atoms with Gasteiger partial charge in [-0.25, -0.2) is 5.43 Å². The largest absolute Gasteiger partial charge is 0.480 e. The Morgan fingerprint density at radius 3 is 2.91 bits per heavy atom. The Morgan fingerprint density at radius 2 is 2.55 bits per heavy atom. The summed E-state index contributed by atoms with van der Waals surface area (Å²) in [5, 5.41) is 12.2. The quantitative estimate of drug-likeness (QED) is 0.454. The summed E-state index contributed by atoms with van der Waals surface area (Å²) in [6.07, 6.45) is 0. The van der Waals surface area contributed by atoms with Gasteiger partial charge in [0, 0.05) is 0 Å². The molecule has 60 valence electrons. The molecule has 0 fully saturated rings. The first-order chi connectivity index (χ1) is 5.25. The first kappa shape index (κ1) is 8.19. The van der Waals surface area contributed by atoms with Crippen molar-refractivity contribution in [2.45, 2.75) is 6.04 Å². The van der Waals surface area contributed by atoms with Gasteiger partial charge in [0.2, 0.25) is 0 Å². The van der Waals surface area contributed by atoms with Crippen LogP contribution < -0.4 is 11.3 Å². The standard InChI is InChI=1S/C6H8N2O2S/c7-8-5(6(9)10)4-1-2-11-3-4/h1-3,5,8H,7H2,(H,9,10). The van der Waals surface area contributed by atoms with Crippen LogP contribution in [-0.4, -0.2) is 11.1 Å². The Balaban J connectivity index is 2.79. The van der Waals surface area contributed by atoms with Gasteiger partial charge in [-0.2, -0.15) is 11.3 Å². The van der Waals surface area contributed by atoms with E-state index in [1.54, 1.807) is 11.4 Å². The maximum Gasteiger partial charge on any atom is 0.326 e. The van der Waals surface area contributed by atoms with Gasteiger partial charge in [-0.05, 0) is 22.4 Å². The molecule has 1 aromatic heterocycles. The summed E-state index contributed by atoms with van der Waals surface area (Å²) < 4.78 is 0. The molecule has 4 N–H and O–H groups in total. The Bertz CT molecular complexity index is 235. The number of hydrogen-bond donors (Lipinski definition) is 3. The lowest BCUT2D eigenvalue weighted by Gasteiger charge is -2.07. The van der Waals surface area contributed by atoms with Gasteiger partial charge >= 0.3 is 5.97 Å². The molecule has 0 aromatic carbocycles. The summed E-state index contributed by atoms with van der Waals surface area (Å²) >= 11 is 1.44. The highest BCUT2D eigenvalue weighted by Crippen LogP contribution is 2.15. The van der Waals surface area contributed by atoms with E-state index >= 15 is 0 Å². The third-order valence-corrected chi connectivity index (χ3v) is 1.99. The highest BCUT2D eigenvalue weighted by Gasteiger charge is 2.17. The van der Waals surface area contributed by atoms with Crippen LogP contribution in [0.3, 0.4) is 0 Å². The van der Waals surface area contributed by atoms with Crippen LogP contribution in [0, 0.1) is 0 Å². The normalized spacial score (nSPS) is 12.8. The van der Waals surface area contributed by atoms with Gasteiger partial charge in [0.1, 0.15) is 6.04 Å². The van der Waals surface area contributed by atoms with E-state index in [0.717, 1.165) is 0 Å². The van der Waals surface area contributed by atoms with Crippen molar-refractivity contribution >= 4 is 17.3 Å². The fraction of sp³-hybridized carbons (Fsp3) is 0.167. The Labute approximate surface area is 67.6 Å². The average Bonchev–Trinajstić information content (AvgIpc) is 2.40. The molecule has 1 rings (SSSR count). The summed E-state index contributed by atoms with van der Waals surface area (Å²) in [4.78, 5) is 10.5. The Morgan fingerprint density at radius 1 is 1.82 bits per heavy atom. The molecule has 0 radical (unpaired) electrons. The predicted molar refractivity (Wildman–Crippen MR) is 42.0 cm³/mol. The van der Waals surface area contributed by atoms with Gasteiger partial charge in [0.25, 0.3) is 0 Å². The molecule has 5 heteroatoms. The molecule has 1 unspecified atom stereocenters. The lowest BCUT2D eigenvalue weighted by Crippen LogP contribution is -2.33. The number of carboxylic acid groups (broad SMARTS) is 1. The van der Waals surface area contributed by atoms with Crippen molar-refractivity contribution in [1.82, 2.24) is 5.43 Å². The van der Waals surface area contributed by atoms with Crippen LogP contribution in [0.5, 0.6) is 0 Å². The molecule has 0 aliphatic heterocycles. The molecular weight excluding hydrogens is 164 g/mol. The summed E-state index contributed by atoms with van der Waals surface area (Å²) in [5.41, 5.74) is 2.90. The summed E-state index contributed by atoms with van der Waals surface area (Å²) in [7, 11) is 0. The molecule has 0 aliphatic carbocycles. The van der Waals surface area contributed by atoms with Crippen LogP contribution in [0.15, 0.2) is 16.8 Å². The molecule has 0 aliphatic rings. The van der Waals surface area contributed by atoms with E-state index in [1.165, 1.54) is 11.3 Å².